The van der Waals surface area contributed by atoms with Gasteiger partial charge in [-0.05, 0) is 29.8 Å². The molecule has 0 aromatic heterocycles. The summed E-state index contributed by atoms with van der Waals surface area (Å²) in [6, 6.07) is 12.9. The van der Waals surface area contributed by atoms with Crippen LogP contribution in [0.3, 0.4) is 0 Å². The number of halogens is 2. The Morgan fingerprint density at radius 3 is 2.63 bits per heavy atom. The van der Waals surface area contributed by atoms with Crippen molar-refractivity contribution in [1.29, 1.82) is 0 Å². The van der Waals surface area contributed by atoms with Crippen LogP contribution in [0.25, 0.3) is 0 Å². The van der Waals surface area contributed by atoms with Gasteiger partial charge in [-0.15, -0.1) is 0 Å². The fourth-order valence-electron chi connectivity index (χ4n) is 2.32. The van der Waals surface area contributed by atoms with Crippen LogP contribution in [0, 0.1) is 0 Å². The van der Waals surface area contributed by atoms with E-state index in [0.717, 1.165) is 16.8 Å². The van der Waals surface area contributed by atoms with Gasteiger partial charge in [0, 0.05) is 17.7 Å². The van der Waals surface area contributed by atoms with Crippen LogP contribution in [0.1, 0.15) is 28.4 Å². The summed E-state index contributed by atoms with van der Waals surface area (Å²) in [4.78, 5) is 12.1. The van der Waals surface area contributed by atoms with Gasteiger partial charge in [0.2, 0.25) is 0 Å². The number of hydrogen-bond donors (Lipinski definition) is 1. The molecule has 0 saturated carbocycles. The van der Waals surface area contributed by atoms with E-state index in [1.54, 1.807) is 6.07 Å². The Kier molecular flexibility index (Phi) is 3.21. The summed E-state index contributed by atoms with van der Waals surface area (Å²) in [5, 5.41) is 4.40. The number of carbonyl (C=O) groups is 1. The van der Waals surface area contributed by atoms with Gasteiger partial charge in [-0.2, -0.15) is 0 Å². The number of benzene rings is 2. The number of anilines is 1. The molecule has 1 atom stereocenters. The number of nitrogens with one attached hydrogen (secondary N) is 1. The molecule has 2 aromatic carbocycles. The van der Waals surface area contributed by atoms with Crippen LogP contribution in [0.15, 0.2) is 42.5 Å². The third-order valence-electron chi connectivity index (χ3n) is 3.29. The lowest BCUT2D eigenvalue weighted by Crippen LogP contribution is -2.22. The second-order valence-electron chi connectivity index (χ2n) is 4.54. The monoisotopic (exact) mass is 291 g/mol. The van der Waals surface area contributed by atoms with Gasteiger partial charge in [-0.25, -0.2) is 0 Å². The minimum absolute atomic E-state index is 0.0582. The Morgan fingerprint density at radius 1 is 1.05 bits per heavy atom. The van der Waals surface area contributed by atoms with Crippen LogP contribution in [0.5, 0.6) is 0 Å². The van der Waals surface area contributed by atoms with E-state index in [1.807, 2.05) is 36.4 Å². The van der Waals surface area contributed by atoms with Crippen molar-refractivity contribution < 1.29 is 4.79 Å². The van der Waals surface area contributed by atoms with E-state index in [4.69, 9.17) is 23.2 Å². The summed E-state index contributed by atoms with van der Waals surface area (Å²) in [5.41, 5.74) is 2.59. The molecule has 1 aliphatic rings. The number of Topliss-reactive ketones (excluding diaryl/α,β-unsaturated/α-hetero) is 1. The summed E-state index contributed by atoms with van der Waals surface area (Å²) in [7, 11) is 0. The Labute approximate surface area is 121 Å². The van der Waals surface area contributed by atoms with Gasteiger partial charge < -0.3 is 5.32 Å². The maximum Gasteiger partial charge on any atom is 0.167 e. The molecule has 1 heterocycles. The van der Waals surface area contributed by atoms with E-state index in [-0.39, 0.29) is 11.8 Å². The van der Waals surface area contributed by atoms with Crippen LogP contribution in [-0.4, -0.2) is 5.78 Å². The highest BCUT2D eigenvalue weighted by Crippen LogP contribution is 2.34. The van der Waals surface area contributed by atoms with Gasteiger partial charge in [0.15, 0.2) is 5.78 Å². The molecule has 0 bridgehead atoms. The maximum atomic E-state index is 12.1. The Balaban J connectivity index is 1.96. The molecule has 2 aromatic rings. The third-order valence-corrected chi connectivity index (χ3v) is 4.03. The molecule has 0 aliphatic carbocycles. The highest BCUT2D eigenvalue weighted by atomic mass is 35.5. The van der Waals surface area contributed by atoms with Crippen molar-refractivity contribution in [2.45, 2.75) is 12.5 Å². The molecular weight excluding hydrogens is 281 g/mol. The zero-order valence-corrected chi connectivity index (χ0v) is 11.5. The Bertz CT molecular complexity index is 654. The van der Waals surface area contributed by atoms with Crippen LogP contribution < -0.4 is 5.32 Å². The van der Waals surface area contributed by atoms with Crippen molar-refractivity contribution in [3.63, 3.8) is 0 Å². The largest absolute Gasteiger partial charge is 0.377 e. The van der Waals surface area contributed by atoms with Crippen LogP contribution in [-0.2, 0) is 0 Å². The first kappa shape index (κ1) is 12.5. The summed E-state index contributed by atoms with van der Waals surface area (Å²) >= 11 is 11.9. The number of carbonyl (C=O) groups excluding carboxylic acids is 1. The van der Waals surface area contributed by atoms with Crippen molar-refractivity contribution in [2.24, 2.45) is 0 Å². The molecule has 1 aliphatic heterocycles. The lowest BCUT2D eigenvalue weighted by atomic mass is 9.92. The minimum Gasteiger partial charge on any atom is -0.377 e. The molecule has 2 nitrogen and oxygen atoms in total. The third kappa shape index (κ3) is 2.34. The molecule has 19 heavy (non-hydrogen) atoms. The van der Waals surface area contributed by atoms with E-state index >= 15 is 0 Å². The lowest BCUT2D eigenvalue weighted by molar-refractivity contribution is 0.0972. The first-order chi connectivity index (χ1) is 9.15. The summed E-state index contributed by atoms with van der Waals surface area (Å²) in [5.74, 6) is 0.144. The summed E-state index contributed by atoms with van der Waals surface area (Å²) < 4.78 is 0. The van der Waals surface area contributed by atoms with E-state index in [9.17, 15) is 4.79 Å². The fourth-order valence-corrected chi connectivity index (χ4v) is 2.62. The average molecular weight is 292 g/mol. The van der Waals surface area contributed by atoms with Crippen molar-refractivity contribution in [3.8, 4) is 0 Å². The van der Waals surface area contributed by atoms with Crippen molar-refractivity contribution in [1.82, 2.24) is 0 Å². The highest BCUT2D eigenvalue weighted by molar-refractivity contribution is 6.42. The van der Waals surface area contributed by atoms with E-state index in [2.05, 4.69) is 5.32 Å². The molecular formula is C15H11Cl2NO. The molecule has 3 rings (SSSR count). The summed E-state index contributed by atoms with van der Waals surface area (Å²) in [6.45, 7) is 0. The predicted molar refractivity (Wildman–Crippen MR) is 78.2 cm³/mol. The predicted octanol–water partition coefficient (Wildman–Crippen LogP) is 4.73. The van der Waals surface area contributed by atoms with Crippen LogP contribution in [0.4, 0.5) is 5.69 Å². The first-order valence-electron chi connectivity index (χ1n) is 5.99. The van der Waals surface area contributed by atoms with Gasteiger partial charge >= 0.3 is 0 Å². The first-order valence-corrected chi connectivity index (χ1v) is 6.74. The van der Waals surface area contributed by atoms with E-state index in [1.165, 1.54) is 0 Å². The smallest absolute Gasteiger partial charge is 0.167 e. The molecule has 96 valence electrons. The second kappa shape index (κ2) is 4.87. The van der Waals surface area contributed by atoms with Crippen molar-refractivity contribution in [2.75, 3.05) is 5.32 Å². The normalized spacial score (nSPS) is 17.8. The number of fused-ring (bicyclic) bond motifs is 1. The number of rotatable bonds is 1. The number of hydrogen-bond acceptors (Lipinski definition) is 2. The SMILES string of the molecule is O=C1C[C@@H](c2ccc(Cl)c(Cl)c2)Nc2ccccc21. The van der Waals surface area contributed by atoms with Crippen LogP contribution in [0.2, 0.25) is 10.0 Å². The number of para-hydroxylation sites is 1. The standard InChI is InChI=1S/C15H11Cl2NO/c16-11-6-5-9(7-12(11)17)14-8-15(19)10-3-1-2-4-13(10)18-14/h1-7,14,18H,8H2/t14-/m0/s1. The van der Waals surface area contributed by atoms with Gasteiger partial charge in [0.05, 0.1) is 16.1 Å². The van der Waals surface area contributed by atoms with E-state index in [0.29, 0.717) is 16.5 Å². The van der Waals surface area contributed by atoms with Crippen molar-refractivity contribution in [3.05, 3.63) is 63.6 Å². The molecule has 0 unspecified atom stereocenters. The topological polar surface area (TPSA) is 29.1 Å². The molecule has 0 radical (unpaired) electrons. The van der Waals surface area contributed by atoms with Crippen LogP contribution >= 0.6 is 23.2 Å². The molecule has 0 fully saturated rings. The Hall–Kier alpha value is -1.51. The van der Waals surface area contributed by atoms with Crippen molar-refractivity contribution >= 4 is 34.7 Å². The molecule has 1 N–H and O–H groups in total. The highest BCUT2D eigenvalue weighted by Gasteiger charge is 2.25. The Morgan fingerprint density at radius 2 is 1.84 bits per heavy atom. The van der Waals surface area contributed by atoms with Gasteiger partial charge in [0.1, 0.15) is 0 Å². The van der Waals surface area contributed by atoms with E-state index < -0.39 is 0 Å². The quantitative estimate of drug-likeness (QED) is 0.823. The number of ketones is 1. The zero-order chi connectivity index (χ0) is 13.4. The molecule has 4 heteroatoms. The average Bonchev–Trinajstić information content (AvgIpc) is 2.42. The lowest BCUT2D eigenvalue weighted by Gasteiger charge is -2.26. The second-order valence-corrected chi connectivity index (χ2v) is 5.36. The van der Waals surface area contributed by atoms with Gasteiger partial charge in [0.25, 0.3) is 0 Å². The fraction of sp³-hybridized carbons (Fsp3) is 0.133. The molecule has 0 amide bonds. The van der Waals surface area contributed by atoms with Gasteiger partial charge in [-0.3, -0.25) is 4.79 Å². The van der Waals surface area contributed by atoms with Gasteiger partial charge in [-0.1, -0.05) is 41.4 Å². The molecule has 0 saturated heterocycles. The maximum absolute atomic E-state index is 12.1. The zero-order valence-electron chi connectivity index (χ0n) is 9.99. The minimum atomic E-state index is -0.0582. The molecule has 0 spiro atoms. The summed E-state index contributed by atoms with van der Waals surface area (Å²) in [6.07, 6.45) is 0.426.